The first kappa shape index (κ1) is 18.1. The third-order valence-corrected chi connectivity index (χ3v) is 4.80. The van der Waals surface area contributed by atoms with Crippen molar-refractivity contribution in [3.05, 3.63) is 54.4 Å². The Morgan fingerprint density at radius 3 is 2.61 bits per heavy atom. The number of aromatic nitrogens is 5. The topological polar surface area (TPSA) is 99.0 Å². The van der Waals surface area contributed by atoms with Gasteiger partial charge in [-0.15, -0.1) is 5.10 Å². The molecule has 8 nitrogen and oxygen atoms in total. The maximum Gasteiger partial charge on any atom is 0.237 e. The van der Waals surface area contributed by atoms with Gasteiger partial charge in [-0.2, -0.15) is 4.98 Å². The molecule has 0 spiro atoms. The number of benzene rings is 2. The summed E-state index contributed by atoms with van der Waals surface area (Å²) in [6.45, 7) is 0. The van der Waals surface area contributed by atoms with Crippen LogP contribution in [0.2, 0.25) is 0 Å². The fourth-order valence-electron chi connectivity index (χ4n) is 2.57. The van der Waals surface area contributed by atoms with Crippen LogP contribution in [0.15, 0.2) is 58.2 Å². The quantitative estimate of drug-likeness (QED) is 0.471. The van der Waals surface area contributed by atoms with Crippen molar-refractivity contribution < 1.29 is 14.0 Å². The molecule has 0 unspecified atom stereocenters. The van der Waals surface area contributed by atoms with Gasteiger partial charge in [-0.1, -0.05) is 29.1 Å². The molecule has 4 rings (SSSR count). The Morgan fingerprint density at radius 1 is 1.00 bits per heavy atom. The maximum absolute atomic E-state index is 5.34. The van der Waals surface area contributed by atoms with E-state index in [2.05, 4.69) is 25.3 Å². The van der Waals surface area contributed by atoms with Gasteiger partial charge < -0.3 is 14.0 Å². The van der Waals surface area contributed by atoms with Crippen LogP contribution in [0, 0.1) is 0 Å². The van der Waals surface area contributed by atoms with Gasteiger partial charge in [-0.25, -0.2) is 4.98 Å². The van der Waals surface area contributed by atoms with E-state index in [4.69, 9.17) is 14.0 Å². The van der Waals surface area contributed by atoms with Crippen LogP contribution in [-0.4, -0.2) is 39.5 Å². The molecular formula is C19H17N5O3S. The van der Waals surface area contributed by atoms with Crippen molar-refractivity contribution in [3.63, 3.8) is 0 Å². The Kier molecular flexibility index (Phi) is 5.24. The van der Waals surface area contributed by atoms with Gasteiger partial charge in [-0.05, 0) is 36.4 Å². The molecule has 9 heteroatoms. The first-order valence-corrected chi connectivity index (χ1v) is 9.41. The number of nitrogens with one attached hydrogen (secondary N) is 1. The number of hydrogen-bond donors (Lipinski definition) is 1. The second kappa shape index (κ2) is 8.13. The monoisotopic (exact) mass is 395 g/mol. The minimum Gasteiger partial charge on any atom is -0.497 e. The summed E-state index contributed by atoms with van der Waals surface area (Å²) in [7, 11) is 3.24. The highest BCUT2D eigenvalue weighted by Crippen LogP contribution is 2.28. The van der Waals surface area contributed by atoms with Crippen LogP contribution < -0.4 is 9.47 Å². The molecule has 0 aliphatic carbocycles. The van der Waals surface area contributed by atoms with Crippen molar-refractivity contribution in [2.75, 3.05) is 14.2 Å². The van der Waals surface area contributed by atoms with E-state index in [0.717, 1.165) is 16.9 Å². The molecule has 0 saturated heterocycles. The largest absolute Gasteiger partial charge is 0.497 e. The number of ether oxygens (including phenoxy) is 2. The molecule has 0 fully saturated rings. The Hall–Kier alpha value is -3.33. The smallest absolute Gasteiger partial charge is 0.237 e. The van der Waals surface area contributed by atoms with E-state index in [1.165, 1.54) is 11.8 Å². The van der Waals surface area contributed by atoms with E-state index in [9.17, 15) is 0 Å². The van der Waals surface area contributed by atoms with E-state index in [1.807, 2.05) is 48.5 Å². The van der Waals surface area contributed by atoms with Gasteiger partial charge in [0.1, 0.15) is 11.5 Å². The Balaban J connectivity index is 1.43. The molecule has 0 amide bonds. The lowest BCUT2D eigenvalue weighted by Gasteiger charge is -2.02. The molecule has 1 N–H and O–H groups in total. The fraction of sp³-hybridized carbons (Fsp3) is 0.158. The highest BCUT2D eigenvalue weighted by molar-refractivity contribution is 7.98. The first-order chi connectivity index (χ1) is 13.8. The number of para-hydroxylation sites is 1. The van der Waals surface area contributed by atoms with E-state index < -0.39 is 0 Å². The van der Waals surface area contributed by atoms with Gasteiger partial charge in [0.05, 0.1) is 25.5 Å². The lowest BCUT2D eigenvalue weighted by atomic mass is 10.2. The zero-order valence-electron chi connectivity index (χ0n) is 15.2. The summed E-state index contributed by atoms with van der Waals surface area (Å²) in [6, 6.07) is 15.1. The lowest BCUT2D eigenvalue weighted by molar-refractivity contribution is 0.390. The van der Waals surface area contributed by atoms with Crippen molar-refractivity contribution in [1.29, 1.82) is 0 Å². The molecule has 0 aliphatic rings. The average molecular weight is 395 g/mol. The van der Waals surface area contributed by atoms with Gasteiger partial charge in [0.25, 0.3) is 0 Å². The average Bonchev–Trinajstić information content (AvgIpc) is 3.42. The number of aromatic amines is 1. The highest BCUT2D eigenvalue weighted by atomic mass is 32.2. The predicted molar refractivity (Wildman–Crippen MR) is 104 cm³/mol. The van der Waals surface area contributed by atoms with E-state index in [-0.39, 0.29) is 0 Å². The summed E-state index contributed by atoms with van der Waals surface area (Å²) < 4.78 is 15.8. The molecule has 0 radical (unpaired) electrons. The van der Waals surface area contributed by atoms with Crippen LogP contribution in [0.25, 0.3) is 22.8 Å². The van der Waals surface area contributed by atoms with Crippen molar-refractivity contribution in [2.24, 2.45) is 0 Å². The maximum atomic E-state index is 5.34. The second-order valence-electron chi connectivity index (χ2n) is 5.70. The zero-order chi connectivity index (χ0) is 19.3. The lowest BCUT2D eigenvalue weighted by Crippen LogP contribution is -1.89. The fourth-order valence-corrected chi connectivity index (χ4v) is 3.20. The molecule has 0 bridgehead atoms. The molecule has 2 heterocycles. The molecule has 0 atom stereocenters. The Bertz CT molecular complexity index is 1060. The van der Waals surface area contributed by atoms with Crippen molar-refractivity contribution >= 4 is 11.8 Å². The van der Waals surface area contributed by atoms with Crippen LogP contribution in [0.1, 0.15) is 5.89 Å². The number of hydrogen-bond acceptors (Lipinski definition) is 8. The van der Waals surface area contributed by atoms with Crippen LogP contribution in [0.3, 0.4) is 0 Å². The predicted octanol–water partition coefficient (Wildman–Crippen LogP) is 3.83. The number of rotatable bonds is 7. The van der Waals surface area contributed by atoms with E-state index >= 15 is 0 Å². The molecule has 0 saturated carbocycles. The van der Waals surface area contributed by atoms with Gasteiger partial charge in [0, 0.05) is 5.56 Å². The second-order valence-corrected chi connectivity index (χ2v) is 6.64. The molecule has 28 heavy (non-hydrogen) atoms. The zero-order valence-corrected chi connectivity index (χ0v) is 16.1. The molecule has 4 aromatic rings. The summed E-state index contributed by atoms with van der Waals surface area (Å²) in [5.74, 6) is 3.61. The standard InChI is InChI=1S/C19H17N5O3S/c1-25-13-9-7-12(8-10-13)17-21-19(23-22-17)28-11-16-20-18(24-27-16)14-5-3-4-6-15(14)26-2/h3-10H,11H2,1-2H3,(H,21,22,23). The molecule has 2 aromatic heterocycles. The van der Waals surface area contributed by atoms with Gasteiger partial charge >= 0.3 is 0 Å². The van der Waals surface area contributed by atoms with Crippen LogP contribution >= 0.6 is 11.8 Å². The third-order valence-electron chi connectivity index (χ3n) is 3.97. The van der Waals surface area contributed by atoms with Gasteiger partial charge in [-0.3, -0.25) is 5.10 Å². The molecular weight excluding hydrogens is 378 g/mol. The first-order valence-electron chi connectivity index (χ1n) is 8.42. The number of thioether (sulfide) groups is 1. The van der Waals surface area contributed by atoms with Crippen molar-refractivity contribution in [1.82, 2.24) is 25.3 Å². The molecule has 0 aliphatic heterocycles. The number of nitrogens with zero attached hydrogens (tertiary/aromatic N) is 4. The summed E-state index contributed by atoms with van der Waals surface area (Å²) >= 11 is 1.41. The molecule has 142 valence electrons. The van der Waals surface area contributed by atoms with Crippen molar-refractivity contribution in [2.45, 2.75) is 10.9 Å². The minimum atomic E-state index is 0.460. The van der Waals surface area contributed by atoms with Gasteiger partial charge in [0.2, 0.25) is 16.9 Å². The normalized spacial score (nSPS) is 10.8. The SMILES string of the molecule is COc1ccc(-c2nc(SCc3nc(-c4ccccc4OC)no3)n[nH]2)cc1. The van der Waals surface area contributed by atoms with Crippen LogP contribution in [0.4, 0.5) is 0 Å². The summed E-state index contributed by atoms with van der Waals surface area (Å²) in [4.78, 5) is 8.92. The third kappa shape index (κ3) is 3.84. The minimum absolute atomic E-state index is 0.460. The summed E-state index contributed by atoms with van der Waals surface area (Å²) in [5, 5.41) is 11.8. The Labute approximate surface area is 165 Å². The highest BCUT2D eigenvalue weighted by Gasteiger charge is 2.14. The summed E-state index contributed by atoms with van der Waals surface area (Å²) in [5.41, 5.74) is 1.71. The molecule has 2 aromatic carbocycles. The van der Waals surface area contributed by atoms with E-state index in [0.29, 0.717) is 34.2 Å². The van der Waals surface area contributed by atoms with E-state index in [1.54, 1.807) is 14.2 Å². The van der Waals surface area contributed by atoms with Gasteiger partial charge in [0.15, 0.2) is 5.82 Å². The number of methoxy groups -OCH3 is 2. The number of H-pyrrole nitrogens is 1. The van der Waals surface area contributed by atoms with Crippen LogP contribution in [-0.2, 0) is 5.75 Å². The summed E-state index contributed by atoms with van der Waals surface area (Å²) in [6.07, 6.45) is 0. The van der Waals surface area contributed by atoms with Crippen LogP contribution in [0.5, 0.6) is 11.5 Å². The van der Waals surface area contributed by atoms with Crippen molar-refractivity contribution in [3.8, 4) is 34.3 Å². The Morgan fingerprint density at radius 2 is 1.82 bits per heavy atom.